The van der Waals surface area contributed by atoms with Crippen LogP contribution in [0.2, 0.25) is 10.0 Å². The van der Waals surface area contributed by atoms with Gasteiger partial charge in [-0.1, -0.05) is 71.7 Å². The first kappa shape index (κ1) is 20.7. The summed E-state index contributed by atoms with van der Waals surface area (Å²) in [5.41, 5.74) is 3.38. The Kier molecular flexibility index (Phi) is 7.79. The van der Waals surface area contributed by atoms with Crippen molar-refractivity contribution in [2.24, 2.45) is 0 Å². The number of nitrogens with one attached hydrogen (secondary N) is 1. The molecule has 0 heterocycles. The summed E-state index contributed by atoms with van der Waals surface area (Å²) in [5.74, 6) is 0.812. The van der Waals surface area contributed by atoms with Gasteiger partial charge < -0.3 is 10.1 Å². The number of rotatable bonds is 9. The molecule has 4 heteroatoms. The van der Waals surface area contributed by atoms with E-state index in [1.54, 1.807) is 0 Å². The standard InChI is InChI=1S/C24H25Cl2NO/c1-18(13-14-19-7-3-2-4-8-19)27-16-20-9-5-10-21(15-20)28-17-22-23(25)11-6-12-24(22)26/h2-12,15,18,27H,13-14,16-17H2,1H3/t18-/m1/s1. The zero-order chi connectivity index (χ0) is 19.8. The van der Waals surface area contributed by atoms with Crippen molar-refractivity contribution in [2.45, 2.75) is 39.0 Å². The van der Waals surface area contributed by atoms with Crippen LogP contribution in [-0.4, -0.2) is 6.04 Å². The summed E-state index contributed by atoms with van der Waals surface area (Å²) in [6, 6.07) is 24.6. The molecule has 0 saturated heterocycles. The lowest BCUT2D eigenvalue weighted by molar-refractivity contribution is 0.306. The van der Waals surface area contributed by atoms with Gasteiger partial charge in [0, 0.05) is 28.2 Å². The van der Waals surface area contributed by atoms with E-state index < -0.39 is 0 Å². The van der Waals surface area contributed by atoms with Gasteiger partial charge in [0.05, 0.1) is 0 Å². The van der Waals surface area contributed by atoms with E-state index in [4.69, 9.17) is 27.9 Å². The molecular formula is C24H25Cl2NO. The van der Waals surface area contributed by atoms with Gasteiger partial charge in [-0.3, -0.25) is 0 Å². The van der Waals surface area contributed by atoms with Gasteiger partial charge in [0.2, 0.25) is 0 Å². The maximum atomic E-state index is 6.21. The van der Waals surface area contributed by atoms with Gasteiger partial charge in [-0.05, 0) is 55.2 Å². The molecule has 3 aromatic rings. The van der Waals surface area contributed by atoms with Gasteiger partial charge in [-0.25, -0.2) is 0 Å². The lowest BCUT2D eigenvalue weighted by atomic mass is 10.1. The first-order valence-corrected chi connectivity index (χ1v) is 10.3. The topological polar surface area (TPSA) is 21.3 Å². The predicted molar refractivity (Wildman–Crippen MR) is 118 cm³/mol. The van der Waals surface area contributed by atoms with Crippen LogP contribution in [0.5, 0.6) is 5.75 Å². The van der Waals surface area contributed by atoms with Crippen LogP contribution in [0, 0.1) is 0 Å². The van der Waals surface area contributed by atoms with Crippen LogP contribution in [-0.2, 0) is 19.6 Å². The van der Waals surface area contributed by atoms with Crippen molar-refractivity contribution in [3.63, 3.8) is 0 Å². The lowest BCUT2D eigenvalue weighted by Gasteiger charge is -2.15. The van der Waals surface area contributed by atoms with Crippen molar-refractivity contribution in [3.05, 3.63) is 99.5 Å². The summed E-state index contributed by atoms with van der Waals surface area (Å²) < 4.78 is 5.91. The van der Waals surface area contributed by atoms with Gasteiger partial charge >= 0.3 is 0 Å². The zero-order valence-corrected chi connectivity index (χ0v) is 17.5. The highest BCUT2D eigenvalue weighted by Gasteiger charge is 2.07. The van der Waals surface area contributed by atoms with Crippen LogP contribution in [0.15, 0.2) is 72.8 Å². The number of hydrogen-bond acceptors (Lipinski definition) is 2. The molecule has 28 heavy (non-hydrogen) atoms. The van der Waals surface area contributed by atoms with E-state index in [1.165, 1.54) is 11.1 Å². The Labute approximate surface area is 177 Å². The fourth-order valence-corrected chi connectivity index (χ4v) is 3.50. The summed E-state index contributed by atoms with van der Waals surface area (Å²) >= 11 is 12.4. The quantitative estimate of drug-likeness (QED) is 0.422. The van der Waals surface area contributed by atoms with Crippen LogP contribution in [0.25, 0.3) is 0 Å². The summed E-state index contributed by atoms with van der Waals surface area (Å²) in [4.78, 5) is 0. The Morgan fingerprint density at radius 3 is 2.29 bits per heavy atom. The second kappa shape index (κ2) is 10.5. The molecule has 0 aliphatic heterocycles. The zero-order valence-electron chi connectivity index (χ0n) is 16.0. The minimum atomic E-state index is 0.350. The third-order valence-corrected chi connectivity index (χ3v) is 5.42. The highest BCUT2D eigenvalue weighted by molar-refractivity contribution is 6.35. The van der Waals surface area contributed by atoms with E-state index >= 15 is 0 Å². The van der Waals surface area contributed by atoms with E-state index in [0.717, 1.165) is 30.7 Å². The van der Waals surface area contributed by atoms with Crippen molar-refractivity contribution in [1.29, 1.82) is 0 Å². The Bertz CT molecular complexity index is 863. The number of hydrogen-bond donors (Lipinski definition) is 1. The smallest absolute Gasteiger partial charge is 0.120 e. The lowest BCUT2D eigenvalue weighted by Crippen LogP contribution is -2.25. The van der Waals surface area contributed by atoms with Gasteiger partial charge in [0.1, 0.15) is 12.4 Å². The van der Waals surface area contributed by atoms with Gasteiger partial charge in [-0.2, -0.15) is 0 Å². The molecule has 0 aliphatic carbocycles. The highest BCUT2D eigenvalue weighted by Crippen LogP contribution is 2.26. The monoisotopic (exact) mass is 413 g/mol. The van der Waals surface area contributed by atoms with Crippen LogP contribution in [0.3, 0.4) is 0 Å². The Hall–Kier alpha value is -2.00. The first-order valence-electron chi connectivity index (χ1n) is 9.54. The first-order chi connectivity index (χ1) is 13.6. The fraction of sp³-hybridized carbons (Fsp3) is 0.250. The molecule has 0 amide bonds. The number of aryl methyl sites for hydroxylation is 1. The molecular weight excluding hydrogens is 389 g/mol. The molecule has 0 spiro atoms. The third-order valence-electron chi connectivity index (χ3n) is 4.71. The number of ether oxygens (including phenoxy) is 1. The molecule has 0 bridgehead atoms. The van der Waals surface area contributed by atoms with Crippen molar-refractivity contribution in [2.75, 3.05) is 0 Å². The van der Waals surface area contributed by atoms with E-state index in [-0.39, 0.29) is 0 Å². The van der Waals surface area contributed by atoms with Crippen molar-refractivity contribution < 1.29 is 4.74 Å². The van der Waals surface area contributed by atoms with Crippen molar-refractivity contribution >= 4 is 23.2 Å². The summed E-state index contributed by atoms with van der Waals surface area (Å²) in [6.45, 7) is 3.38. The van der Waals surface area contributed by atoms with Crippen LogP contribution in [0.1, 0.15) is 30.0 Å². The maximum Gasteiger partial charge on any atom is 0.120 e. The predicted octanol–water partition coefficient (Wildman–Crippen LogP) is 6.68. The van der Waals surface area contributed by atoms with Crippen LogP contribution >= 0.6 is 23.2 Å². The second-order valence-corrected chi connectivity index (χ2v) is 7.76. The molecule has 0 unspecified atom stereocenters. The number of halogens is 2. The Balaban J connectivity index is 1.49. The van der Waals surface area contributed by atoms with E-state index in [0.29, 0.717) is 22.7 Å². The molecule has 0 fully saturated rings. The van der Waals surface area contributed by atoms with Gasteiger partial charge in [-0.15, -0.1) is 0 Å². The minimum absolute atomic E-state index is 0.350. The fourth-order valence-electron chi connectivity index (χ4n) is 2.99. The molecule has 0 aliphatic rings. The molecule has 1 N–H and O–H groups in total. The average Bonchev–Trinajstić information content (AvgIpc) is 2.71. The molecule has 0 aromatic heterocycles. The van der Waals surface area contributed by atoms with Crippen molar-refractivity contribution in [1.82, 2.24) is 5.32 Å². The SMILES string of the molecule is C[C@H](CCc1ccccc1)NCc1cccc(OCc2c(Cl)cccc2Cl)c1. The summed E-state index contributed by atoms with van der Waals surface area (Å²) in [5, 5.41) is 4.84. The van der Waals surface area contributed by atoms with Crippen molar-refractivity contribution in [3.8, 4) is 5.75 Å². The molecule has 146 valence electrons. The molecule has 3 rings (SSSR count). The molecule has 3 aromatic carbocycles. The average molecular weight is 414 g/mol. The maximum absolute atomic E-state index is 6.21. The normalized spacial score (nSPS) is 12.0. The van der Waals surface area contributed by atoms with Crippen LogP contribution in [0.4, 0.5) is 0 Å². The number of benzene rings is 3. The van der Waals surface area contributed by atoms with Gasteiger partial charge in [0.25, 0.3) is 0 Å². The molecule has 2 nitrogen and oxygen atoms in total. The van der Waals surface area contributed by atoms with E-state index in [2.05, 4.69) is 54.7 Å². The highest BCUT2D eigenvalue weighted by atomic mass is 35.5. The summed E-state index contributed by atoms with van der Waals surface area (Å²) in [7, 11) is 0. The largest absolute Gasteiger partial charge is 0.489 e. The Morgan fingerprint density at radius 1 is 0.857 bits per heavy atom. The minimum Gasteiger partial charge on any atom is -0.489 e. The van der Waals surface area contributed by atoms with E-state index in [1.807, 2.05) is 30.3 Å². The molecule has 1 atom stereocenters. The second-order valence-electron chi connectivity index (χ2n) is 6.94. The van der Waals surface area contributed by atoms with Crippen LogP contribution < -0.4 is 10.1 Å². The molecule has 0 radical (unpaired) electrons. The van der Waals surface area contributed by atoms with E-state index in [9.17, 15) is 0 Å². The molecule has 0 saturated carbocycles. The third kappa shape index (κ3) is 6.27. The Morgan fingerprint density at radius 2 is 1.54 bits per heavy atom. The summed E-state index contributed by atoms with van der Waals surface area (Å²) in [6.07, 6.45) is 2.18. The van der Waals surface area contributed by atoms with Gasteiger partial charge in [0.15, 0.2) is 0 Å².